The quantitative estimate of drug-likeness (QED) is 0.434. The lowest BCUT2D eigenvalue weighted by Crippen LogP contribution is -2.10. The van der Waals surface area contributed by atoms with E-state index in [4.69, 9.17) is 4.74 Å². The minimum Gasteiger partial charge on any atom is -0.467 e. The van der Waals surface area contributed by atoms with Gasteiger partial charge in [0.15, 0.2) is 0 Å². The molecule has 1 amide bonds. The zero-order valence-electron chi connectivity index (χ0n) is 16.7. The van der Waals surface area contributed by atoms with Gasteiger partial charge < -0.3 is 15.0 Å². The van der Waals surface area contributed by atoms with E-state index in [-0.39, 0.29) is 17.3 Å². The van der Waals surface area contributed by atoms with Crippen LogP contribution in [0.15, 0.2) is 61.7 Å². The molecule has 0 aliphatic heterocycles. The maximum atomic E-state index is 13.5. The minimum absolute atomic E-state index is 0.00216. The first-order valence-electron chi connectivity index (χ1n) is 9.28. The van der Waals surface area contributed by atoms with Crippen molar-refractivity contribution in [3.8, 4) is 28.3 Å². The van der Waals surface area contributed by atoms with Crippen LogP contribution >= 0.6 is 0 Å². The number of alkyl halides is 3. The molecule has 10 heteroatoms. The maximum Gasteiger partial charge on any atom is 0.416 e. The number of rotatable bonds is 5. The molecule has 162 valence electrons. The summed E-state index contributed by atoms with van der Waals surface area (Å²) in [6.45, 7) is 3.32. The highest BCUT2D eigenvalue weighted by Crippen LogP contribution is 2.36. The molecule has 0 fully saturated rings. The summed E-state index contributed by atoms with van der Waals surface area (Å²) in [4.78, 5) is 27.2. The van der Waals surface area contributed by atoms with Gasteiger partial charge >= 0.3 is 12.2 Å². The van der Waals surface area contributed by atoms with E-state index in [2.05, 4.69) is 31.8 Å². The molecule has 0 bridgehead atoms. The molecule has 4 rings (SSSR count). The summed E-state index contributed by atoms with van der Waals surface area (Å²) in [6.07, 6.45) is 2.72. The SMILES string of the molecule is C=CC(=O)Nc1cc(-c2cnc3[nH]cc(-c4cnc(OC)nc4)c3c2)cc(C(F)(F)F)c1. The van der Waals surface area contributed by atoms with E-state index in [1.165, 1.54) is 19.4 Å². The number of nitrogens with one attached hydrogen (secondary N) is 2. The van der Waals surface area contributed by atoms with E-state index in [9.17, 15) is 18.0 Å². The Kier molecular flexibility index (Phi) is 5.35. The third kappa shape index (κ3) is 4.15. The van der Waals surface area contributed by atoms with E-state index in [1.54, 1.807) is 24.7 Å². The fourth-order valence-electron chi connectivity index (χ4n) is 3.18. The molecule has 3 heterocycles. The Morgan fingerprint density at radius 2 is 1.78 bits per heavy atom. The Morgan fingerprint density at radius 1 is 1.06 bits per heavy atom. The van der Waals surface area contributed by atoms with E-state index in [0.717, 1.165) is 23.8 Å². The Hall–Kier alpha value is -4.21. The van der Waals surface area contributed by atoms with Gasteiger partial charge in [0.1, 0.15) is 5.65 Å². The molecule has 32 heavy (non-hydrogen) atoms. The van der Waals surface area contributed by atoms with Crippen LogP contribution in [0.1, 0.15) is 5.56 Å². The largest absolute Gasteiger partial charge is 0.467 e. The van der Waals surface area contributed by atoms with Gasteiger partial charge in [0.2, 0.25) is 5.91 Å². The van der Waals surface area contributed by atoms with Gasteiger partial charge in [-0.1, -0.05) is 6.58 Å². The van der Waals surface area contributed by atoms with Crippen LogP contribution in [-0.2, 0) is 11.0 Å². The van der Waals surface area contributed by atoms with Crippen LogP contribution in [0.2, 0.25) is 0 Å². The molecule has 2 N–H and O–H groups in total. The number of carbonyl (C=O) groups is 1. The van der Waals surface area contributed by atoms with E-state index >= 15 is 0 Å². The molecule has 0 aliphatic rings. The van der Waals surface area contributed by atoms with Crippen molar-refractivity contribution in [1.29, 1.82) is 0 Å². The van der Waals surface area contributed by atoms with E-state index in [1.807, 2.05) is 0 Å². The topological polar surface area (TPSA) is 92.8 Å². The highest BCUT2D eigenvalue weighted by molar-refractivity contribution is 6.00. The third-order valence-corrected chi connectivity index (χ3v) is 4.70. The average molecular weight is 439 g/mol. The van der Waals surface area contributed by atoms with Gasteiger partial charge in [-0.3, -0.25) is 4.79 Å². The van der Waals surface area contributed by atoms with Crippen LogP contribution in [0.3, 0.4) is 0 Å². The average Bonchev–Trinajstić information content (AvgIpc) is 3.21. The number of nitrogens with zero attached hydrogens (tertiary/aromatic N) is 3. The number of aromatic amines is 1. The van der Waals surface area contributed by atoms with Crippen LogP contribution < -0.4 is 10.1 Å². The fraction of sp³-hybridized carbons (Fsp3) is 0.0909. The number of hydrogen-bond donors (Lipinski definition) is 2. The lowest BCUT2D eigenvalue weighted by molar-refractivity contribution is -0.137. The molecular formula is C22H16F3N5O2. The maximum absolute atomic E-state index is 13.5. The second-order valence-corrected chi connectivity index (χ2v) is 6.77. The second-order valence-electron chi connectivity index (χ2n) is 6.77. The van der Waals surface area contributed by atoms with E-state index in [0.29, 0.717) is 22.2 Å². The van der Waals surface area contributed by atoms with Crippen molar-refractivity contribution in [3.63, 3.8) is 0 Å². The second kappa shape index (κ2) is 8.14. The summed E-state index contributed by atoms with van der Waals surface area (Å²) in [7, 11) is 1.46. The van der Waals surface area contributed by atoms with Gasteiger partial charge in [-0.15, -0.1) is 0 Å². The Balaban J connectivity index is 1.82. The number of hydrogen-bond acceptors (Lipinski definition) is 5. The smallest absolute Gasteiger partial charge is 0.416 e. The molecule has 7 nitrogen and oxygen atoms in total. The predicted octanol–water partition coefficient (Wildman–Crippen LogP) is 4.84. The summed E-state index contributed by atoms with van der Waals surface area (Å²) in [6, 6.07) is 5.25. The highest BCUT2D eigenvalue weighted by atomic mass is 19.4. The number of benzene rings is 1. The van der Waals surface area contributed by atoms with Gasteiger partial charge in [-0.05, 0) is 35.9 Å². The number of ether oxygens (including phenoxy) is 1. The summed E-state index contributed by atoms with van der Waals surface area (Å²) >= 11 is 0. The molecule has 0 radical (unpaired) electrons. The number of anilines is 1. The fourth-order valence-corrected chi connectivity index (χ4v) is 3.18. The van der Waals surface area contributed by atoms with Crippen LogP contribution in [0, 0.1) is 0 Å². The van der Waals surface area contributed by atoms with Crippen molar-refractivity contribution >= 4 is 22.6 Å². The Bertz CT molecular complexity index is 1310. The summed E-state index contributed by atoms with van der Waals surface area (Å²) < 4.78 is 45.3. The first-order chi connectivity index (χ1) is 15.3. The number of carbonyl (C=O) groups excluding carboxylic acids is 1. The molecular weight excluding hydrogens is 423 g/mol. The van der Waals surface area contributed by atoms with Crippen molar-refractivity contribution < 1.29 is 22.7 Å². The number of methoxy groups -OCH3 is 1. The molecule has 4 aromatic rings. The molecule has 0 spiro atoms. The van der Waals surface area contributed by atoms with Crippen molar-refractivity contribution in [2.75, 3.05) is 12.4 Å². The number of H-pyrrole nitrogens is 1. The van der Waals surface area contributed by atoms with Crippen molar-refractivity contribution in [2.24, 2.45) is 0 Å². The third-order valence-electron chi connectivity index (χ3n) is 4.70. The number of halogens is 3. The Labute approximate surface area is 180 Å². The van der Waals surface area contributed by atoms with Crippen LogP contribution in [-0.4, -0.2) is 33.0 Å². The van der Waals surface area contributed by atoms with Gasteiger partial charge in [-0.25, -0.2) is 15.0 Å². The van der Waals surface area contributed by atoms with Crippen molar-refractivity contribution in [3.05, 3.63) is 67.3 Å². The Morgan fingerprint density at radius 3 is 2.44 bits per heavy atom. The molecule has 1 aromatic carbocycles. The first-order valence-corrected chi connectivity index (χ1v) is 9.28. The number of aromatic nitrogens is 4. The minimum atomic E-state index is -4.60. The lowest BCUT2D eigenvalue weighted by Gasteiger charge is -2.13. The molecule has 0 saturated carbocycles. The molecule has 0 unspecified atom stereocenters. The van der Waals surface area contributed by atoms with Crippen LogP contribution in [0.25, 0.3) is 33.3 Å². The zero-order valence-corrected chi connectivity index (χ0v) is 16.7. The van der Waals surface area contributed by atoms with Gasteiger partial charge in [0.25, 0.3) is 0 Å². The monoisotopic (exact) mass is 439 g/mol. The zero-order chi connectivity index (χ0) is 22.9. The molecule has 0 saturated heterocycles. The van der Waals surface area contributed by atoms with Gasteiger partial charge in [-0.2, -0.15) is 13.2 Å². The number of pyridine rings is 1. The summed E-state index contributed by atoms with van der Waals surface area (Å²) in [5, 5.41) is 3.05. The van der Waals surface area contributed by atoms with E-state index < -0.39 is 17.6 Å². The van der Waals surface area contributed by atoms with Crippen molar-refractivity contribution in [2.45, 2.75) is 6.18 Å². The van der Waals surface area contributed by atoms with Gasteiger partial charge in [0, 0.05) is 52.6 Å². The van der Waals surface area contributed by atoms with Crippen molar-refractivity contribution in [1.82, 2.24) is 19.9 Å². The predicted molar refractivity (Wildman–Crippen MR) is 113 cm³/mol. The normalized spacial score (nSPS) is 11.4. The van der Waals surface area contributed by atoms with Crippen LogP contribution in [0.5, 0.6) is 6.01 Å². The van der Waals surface area contributed by atoms with Crippen LogP contribution in [0.4, 0.5) is 18.9 Å². The number of amides is 1. The molecule has 3 aromatic heterocycles. The summed E-state index contributed by atoms with van der Waals surface area (Å²) in [5.41, 5.74) is 1.74. The molecule has 0 atom stereocenters. The first kappa shape index (κ1) is 21.0. The lowest BCUT2D eigenvalue weighted by atomic mass is 10.0. The standard InChI is InChI=1S/C22H16F3N5O2/c1-3-19(31)30-16-5-12(4-15(7-16)22(23,24)25)13-6-17-18(11-27-20(17)26-8-13)14-9-28-21(32-2)29-10-14/h3-11H,1H2,2H3,(H,26,27)(H,30,31). The summed E-state index contributed by atoms with van der Waals surface area (Å²) in [5.74, 6) is -0.615. The number of fused-ring (bicyclic) bond motifs is 1. The van der Waals surface area contributed by atoms with Gasteiger partial charge in [0.05, 0.1) is 12.7 Å². The molecule has 0 aliphatic carbocycles. The highest BCUT2D eigenvalue weighted by Gasteiger charge is 2.31.